The summed E-state index contributed by atoms with van der Waals surface area (Å²) < 4.78 is 7.51. The Morgan fingerprint density at radius 3 is 2.54 bits per heavy atom. The summed E-state index contributed by atoms with van der Waals surface area (Å²) in [6, 6.07) is 17.8. The molecule has 5 heteroatoms. The van der Waals surface area contributed by atoms with Gasteiger partial charge < -0.3 is 19.3 Å². The number of para-hydroxylation sites is 1. The van der Waals surface area contributed by atoms with Crippen molar-refractivity contribution in [2.24, 2.45) is 0 Å². The monoisotopic (exact) mass is 378 g/mol. The topological polar surface area (TPSA) is 54.7 Å². The molecule has 4 rings (SSSR count). The summed E-state index contributed by atoms with van der Waals surface area (Å²) in [5.41, 5.74) is 2.76. The quantitative estimate of drug-likeness (QED) is 0.713. The van der Waals surface area contributed by atoms with Gasteiger partial charge in [-0.3, -0.25) is 4.79 Å². The first-order valence-electron chi connectivity index (χ1n) is 9.92. The van der Waals surface area contributed by atoms with Crippen LogP contribution in [-0.4, -0.2) is 46.8 Å². The standard InChI is InChI=1S/C23H26N2O3/c26-22(18-7-2-1-3-8-18)11-6-12-25-17-20(19-9-4-5-10-21(19)25)23(27)24-13-15-28-16-14-24/h1-5,7-10,17,22,26H,6,11-16H2. The number of aromatic nitrogens is 1. The fraction of sp³-hybridized carbons (Fsp3) is 0.348. The maximum absolute atomic E-state index is 13.0. The third kappa shape index (κ3) is 3.96. The largest absolute Gasteiger partial charge is 0.388 e. The highest BCUT2D eigenvalue weighted by Gasteiger charge is 2.22. The number of hydrogen-bond acceptors (Lipinski definition) is 3. The SMILES string of the molecule is O=C(c1cn(CCCC(O)c2ccccc2)c2ccccc12)N1CCOCC1. The Balaban J connectivity index is 1.49. The van der Waals surface area contributed by atoms with Gasteiger partial charge in [-0.15, -0.1) is 0 Å². The van der Waals surface area contributed by atoms with E-state index in [1.807, 2.05) is 59.6 Å². The minimum absolute atomic E-state index is 0.0718. The van der Waals surface area contributed by atoms with Crippen LogP contribution in [0.4, 0.5) is 0 Å². The molecule has 3 aromatic rings. The molecule has 1 amide bonds. The fourth-order valence-corrected chi connectivity index (χ4v) is 3.84. The molecule has 2 heterocycles. The van der Waals surface area contributed by atoms with E-state index in [1.54, 1.807) is 0 Å². The Bertz CT molecular complexity index is 929. The minimum atomic E-state index is -0.461. The number of aliphatic hydroxyl groups excluding tert-OH is 1. The van der Waals surface area contributed by atoms with Crippen LogP contribution in [0.3, 0.4) is 0 Å². The second-order valence-corrected chi connectivity index (χ2v) is 7.23. The van der Waals surface area contributed by atoms with Crippen LogP contribution in [0.2, 0.25) is 0 Å². The van der Waals surface area contributed by atoms with E-state index in [4.69, 9.17) is 4.74 Å². The van der Waals surface area contributed by atoms with Crippen molar-refractivity contribution in [1.82, 2.24) is 9.47 Å². The highest BCUT2D eigenvalue weighted by atomic mass is 16.5. The lowest BCUT2D eigenvalue weighted by atomic mass is 10.1. The average molecular weight is 378 g/mol. The summed E-state index contributed by atoms with van der Waals surface area (Å²) in [4.78, 5) is 14.9. The zero-order chi connectivity index (χ0) is 19.3. The molecule has 1 N–H and O–H groups in total. The average Bonchev–Trinajstić information content (AvgIpc) is 3.13. The van der Waals surface area contributed by atoms with Gasteiger partial charge in [-0.25, -0.2) is 0 Å². The molecule has 0 bridgehead atoms. The molecule has 0 aliphatic carbocycles. The third-order valence-corrected chi connectivity index (χ3v) is 5.38. The number of benzene rings is 2. The molecule has 146 valence electrons. The number of fused-ring (bicyclic) bond motifs is 1. The first kappa shape index (κ1) is 18.7. The van der Waals surface area contributed by atoms with Crippen LogP contribution < -0.4 is 0 Å². The van der Waals surface area contributed by atoms with Gasteiger partial charge in [-0.05, 0) is 24.5 Å². The lowest BCUT2D eigenvalue weighted by Crippen LogP contribution is -2.40. The Labute approximate surface area is 165 Å². The van der Waals surface area contributed by atoms with Crippen molar-refractivity contribution in [3.8, 4) is 0 Å². The number of morpholine rings is 1. The first-order valence-corrected chi connectivity index (χ1v) is 9.92. The van der Waals surface area contributed by atoms with Crippen molar-refractivity contribution in [1.29, 1.82) is 0 Å². The molecule has 0 spiro atoms. The summed E-state index contributed by atoms with van der Waals surface area (Å²) in [7, 11) is 0. The molecule has 28 heavy (non-hydrogen) atoms. The molecule has 1 aromatic heterocycles. The predicted octanol–water partition coefficient (Wildman–Crippen LogP) is 3.63. The maximum Gasteiger partial charge on any atom is 0.256 e. The lowest BCUT2D eigenvalue weighted by Gasteiger charge is -2.26. The van der Waals surface area contributed by atoms with Gasteiger partial charge in [0, 0.05) is 36.7 Å². The van der Waals surface area contributed by atoms with Crippen molar-refractivity contribution in [3.63, 3.8) is 0 Å². The van der Waals surface area contributed by atoms with E-state index in [1.165, 1.54) is 0 Å². The van der Waals surface area contributed by atoms with Crippen LogP contribution in [0.25, 0.3) is 10.9 Å². The van der Waals surface area contributed by atoms with Gasteiger partial charge in [0.2, 0.25) is 0 Å². The van der Waals surface area contributed by atoms with Gasteiger partial charge in [0.05, 0.1) is 24.9 Å². The summed E-state index contributed by atoms with van der Waals surface area (Å²) >= 11 is 0. The molecule has 1 aliphatic rings. The number of carbonyl (C=O) groups is 1. The molecule has 0 radical (unpaired) electrons. The molecule has 1 saturated heterocycles. The number of ether oxygens (including phenoxy) is 1. The van der Waals surface area contributed by atoms with Crippen LogP contribution >= 0.6 is 0 Å². The summed E-state index contributed by atoms with van der Waals surface area (Å²) in [6.07, 6.45) is 3.03. The van der Waals surface area contributed by atoms with Crippen LogP contribution in [0, 0.1) is 0 Å². The Morgan fingerprint density at radius 1 is 1.04 bits per heavy atom. The molecular weight excluding hydrogens is 352 g/mol. The molecule has 2 aromatic carbocycles. The zero-order valence-electron chi connectivity index (χ0n) is 16.0. The Hall–Kier alpha value is -2.63. The number of aryl methyl sites for hydroxylation is 1. The van der Waals surface area contributed by atoms with E-state index in [0.29, 0.717) is 32.7 Å². The van der Waals surface area contributed by atoms with E-state index in [2.05, 4.69) is 10.6 Å². The van der Waals surface area contributed by atoms with E-state index >= 15 is 0 Å². The summed E-state index contributed by atoms with van der Waals surface area (Å²) in [5, 5.41) is 11.4. The fourth-order valence-electron chi connectivity index (χ4n) is 3.84. The highest BCUT2D eigenvalue weighted by Crippen LogP contribution is 2.25. The van der Waals surface area contributed by atoms with Gasteiger partial charge in [0.15, 0.2) is 0 Å². The number of rotatable bonds is 6. The van der Waals surface area contributed by atoms with E-state index in [-0.39, 0.29) is 5.91 Å². The maximum atomic E-state index is 13.0. The van der Waals surface area contributed by atoms with Crippen molar-refractivity contribution >= 4 is 16.8 Å². The molecule has 5 nitrogen and oxygen atoms in total. The van der Waals surface area contributed by atoms with E-state index in [9.17, 15) is 9.90 Å². The third-order valence-electron chi connectivity index (χ3n) is 5.38. The zero-order valence-corrected chi connectivity index (χ0v) is 16.0. The van der Waals surface area contributed by atoms with Crippen molar-refractivity contribution < 1.29 is 14.6 Å². The van der Waals surface area contributed by atoms with Gasteiger partial charge in [-0.2, -0.15) is 0 Å². The molecule has 1 aliphatic heterocycles. The van der Waals surface area contributed by atoms with Crippen LogP contribution in [0.1, 0.15) is 34.9 Å². The molecule has 1 fully saturated rings. The molecular formula is C23H26N2O3. The Morgan fingerprint density at radius 2 is 1.75 bits per heavy atom. The lowest BCUT2D eigenvalue weighted by molar-refractivity contribution is 0.0304. The molecule has 0 saturated carbocycles. The minimum Gasteiger partial charge on any atom is -0.388 e. The number of nitrogens with zero attached hydrogens (tertiary/aromatic N) is 2. The van der Waals surface area contributed by atoms with Crippen molar-refractivity contribution in [2.45, 2.75) is 25.5 Å². The van der Waals surface area contributed by atoms with Gasteiger partial charge >= 0.3 is 0 Å². The smallest absolute Gasteiger partial charge is 0.256 e. The first-order chi connectivity index (χ1) is 13.7. The van der Waals surface area contributed by atoms with E-state index < -0.39 is 6.10 Å². The number of carbonyl (C=O) groups excluding carboxylic acids is 1. The van der Waals surface area contributed by atoms with Crippen molar-refractivity contribution in [3.05, 3.63) is 71.9 Å². The second kappa shape index (κ2) is 8.59. The van der Waals surface area contributed by atoms with E-state index in [0.717, 1.165) is 35.0 Å². The molecule has 1 atom stereocenters. The van der Waals surface area contributed by atoms with Crippen LogP contribution in [0.5, 0.6) is 0 Å². The Kier molecular flexibility index (Phi) is 5.74. The van der Waals surface area contributed by atoms with Crippen LogP contribution in [0.15, 0.2) is 60.8 Å². The normalized spacial score (nSPS) is 15.7. The highest BCUT2D eigenvalue weighted by molar-refractivity contribution is 6.07. The van der Waals surface area contributed by atoms with Gasteiger partial charge in [0.1, 0.15) is 0 Å². The summed E-state index contributed by atoms with van der Waals surface area (Å²) in [6.45, 7) is 3.24. The second-order valence-electron chi connectivity index (χ2n) is 7.23. The number of hydrogen-bond donors (Lipinski definition) is 1. The van der Waals surface area contributed by atoms with Crippen LogP contribution in [-0.2, 0) is 11.3 Å². The number of amides is 1. The molecule has 1 unspecified atom stereocenters. The number of aliphatic hydroxyl groups is 1. The van der Waals surface area contributed by atoms with Gasteiger partial charge in [0.25, 0.3) is 5.91 Å². The van der Waals surface area contributed by atoms with Gasteiger partial charge in [-0.1, -0.05) is 48.5 Å². The summed E-state index contributed by atoms with van der Waals surface area (Å²) in [5.74, 6) is 0.0718. The predicted molar refractivity (Wildman–Crippen MR) is 109 cm³/mol. The van der Waals surface area contributed by atoms with Crippen molar-refractivity contribution in [2.75, 3.05) is 26.3 Å².